The first kappa shape index (κ1) is 9.63. The zero-order valence-corrected chi connectivity index (χ0v) is 8.25. The van der Waals surface area contributed by atoms with Crippen LogP contribution < -0.4 is 16.8 Å². The lowest BCUT2D eigenvalue weighted by Gasteiger charge is -2.35. The van der Waals surface area contributed by atoms with Crippen LogP contribution in [0.5, 0.6) is 0 Å². The lowest BCUT2D eigenvalue weighted by Crippen LogP contribution is -2.59. The summed E-state index contributed by atoms with van der Waals surface area (Å²) in [7, 11) is 0. The second-order valence-electron chi connectivity index (χ2n) is 2.65. The molecule has 1 aliphatic rings. The second-order valence-corrected chi connectivity index (χ2v) is 3.54. The van der Waals surface area contributed by atoms with Crippen molar-refractivity contribution in [2.24, 2.45) is 11.5 Å². The summed E-state index contributed by atoms with van der Waals surface area (Å²) < 4.78 is 0. The molecule has 1 heterocycles. The van der Waals surface area contributed by atoms with E-state index in [1.54, 1.807) is 0 Å². The van der Waals surface area contributed by atoms with Crippen LogP contribution in [0.3, 0.4) is 0 Å². The molecular formula is C6H12N4S2. The molecule has 1 saturated heterocycles. The highest BCUT2D eigenvalue weighted by atomic mass is 32.1. The van der Waals surface area contributed by atoms with Gasteiger partial charge >= 0.3 is 0 Å². The molecule has 0 spiro atoms. The van der Waals surface area contributed by atoms with Crippen molar-refractivity contribution in [1.29, 1.82) is 0 Å². The summed E-state index contributed by atoms with van der Waals surface area (Å²) in [6.07, 6.45) is 0. The molecule has 0 amide bonds. The van der Waals surface area contributed by atoms with Crippen molar-refractivity contribution >= 4 is 34.5 Å². The molecule has 1 atom stereocenters. The Morgan fingerprint density at radius 1 is 1.42 bits per heavy atom. The molecule has 0 aliphatic carbocycles. The number of hydrogen-bond donors (Lipinski definition) is 3. The number of nitrogens with one attached hydrogen (secondary N) is 1. The Morgan fingerprint density at radius 2 is 2.08 bits per heavy atom. The highest BCUT2D eigenvalue weighted by Gasteiger charge is 2.24. The van der Waals surface area contributed by atoms with Crippen LogP contribution >= 0.6 is 24.4 Å². The molecule has 0 aromatic carbocycles. The Hall–Kier alpha value is -0.460. The molecule has 68 valence electrons. The minimum Gasteiger partial charge on any atom is -0.392 e. The first-order chi connectivity index (χ1) is 5.63. The number of thiocarbonyl (C=S) groups is 2. The molecule has 6 heteroatoms. The van der Waals surface area contributed by atoms with Gasteiger partial charge in [-0.05, 0) is 12.2 Å². The maximum Gasteiger partial charge on any atom is 0.166 e. The van der Waals surface area contributed by atoms with Gasteiger partial charge in [-0.2, -0.15) is 0 Å². The predicted molar refractivity (Wildman–Crippen MR) is 56.9 cm³/mol. The van der Waals surface area contributed by atoms with Crippen molar-refractivity contribution in [2.75, 3.05) is 19.6 Å². The van der Waals surface area contributed by atoms with Crippen LogP contribution in [-0.4, -0.2) is 40.7 Å². The fraction of sp³-hybridized carbons (Fsp3) is 0.667. The van der Waals surface area contributed by atoms with Crippen LogP contribution in [-0.2, 0) is 0 Å². The van der Waals surface area contributed by atoms with Gasteiger partial charge in [-0.3, -0.25) is 0 Å². The van der Waals surface area contributed by atoms with Gasteiger partial charge in [0.05, 0.1) is 11.0 Å². The summed E-state index contributed by atoms with van der Waals surface area (Å²) >= 11 is 9.77. The van der Waals surface area contributed by atoms with Gasteiger partial charge in [-0.15, -0.1) is 0 Å². The van der Waals surface area contributed by atoms with Crippen molar-refractivity contribution in [3.8, 4) is 0 Å². The predicted octanol–water partition coefficient (Wildman–Crippen LogP) is -1.21. The molecular weight excluding hydrogens is 192 g/mol. The van der Waals surface area contributed by atoms with Gasteiger partial charge in [0.2, 0.25) is 0 Å². The van der Waals surface area contributed by atoms with E-state index in [9.17, 15) is 0 Å². The average Bonchev–Trinajstić information content (AvgIpc) is 2.04. The van der Waals surface area contributed by atoms with Gasteiger partial charge in [0, 0.05) is 19.6 Å². The van der Waals surface area contributed by atoms with Gasteiger partial charge in [-0.1, -0.05) is 12.2 Å². The monoisotopic (exact) mass is 204 g/mol. The van der Waals surface area contributed by atoms with Gasteiger partial charge in [0.15, 0.2) is 5.11 Å². The number of rotatable bonds is 1. The summed E-state index contributed by atoms with van der Waals surface area (Å²) in [4.78, 5) is 2.30. The zero-order chi connectivity index (χ0) is 9.14. The summed E-state index contributed by atoms with van der Waals surface area (Å²) in [5, 5.41) is 3.55. The quantitative estimate of drug-likeness (QED) is 0.466. The second kappa shape index (κ2) is 3.97. The third-order valence-corrected chi connectivity index (χ3v) is 2.36. The third kappa shape index (κ3) is 2.02. The van der Waals surface area contributed by atoms with Crippen LogP contribution in [0.4, 0.5) is 0 Å². The Balaban J connectivity index is 2.67. The van der Waals surface area contributed by atoms with E-state index >= 15 is 0 Å². The molecule has 12 heavy (non-hydrogen) atoms. The molecule has 1 rings (SSSR count). The number of nitrogens with zero attached hydrogens (tertiary/aromatic N) is 1. The van der Waals surface area contributed by atoms with E-state index in [0.29, 0.717) is 10.1 Å². The highest BCUT2D eigenvalue weighted by Crippen LogP contribution is 2.02. The van der Waals surface area contributed by atoms with Gasteiger partial charge < -0.3 is 21.7 Å². The Kier molecular flexibility index (Phi) is 3.19. The van der Waals surface area contributed by atoms with Crippen LogP contribution in [0, 0.1) is 0 Å². The molecule has 0 radical (unpaired) electrons. The fourth-order valence-electron chi connectivity index (χ4n) is 1.22. The summed E-state index contributed by atoms with van der Waals surface area (Å²) in [6.45, 7) is 2.38. The lowest BCUT2D eigenvalue weighted by molar-refractivity contribution is 0.316. The SMILES string of the molecule is NC(=S)C1CNCCN1C(N)=S. The average molecular weight is 204 g/mol. The molecule has 0 aromatic rings. The first-order valence-corrected chi connectivity index (χ1v) is 4.50. The van der Waals surface area contributed by atoms with E-state index in [4.69, 9.17) is 35.9 Å². The molecule has 4 nitrogen and oxygen atoms in total. The summed E-state index contributed by atoms with van der Waals surface area (Å²) in [6, 6.07) is -0.0220. The highest BCUT2D eigenvalue weighted by molar-refractivity contribution is 7.80. The number of hydrogen-bond acceptors (Lipinski definition) is 3. The minimum atomic E-state index is -0.0220. The minimum absolute atomic E-state index is 0.0220. The molecule has 0 aromatic heterocycles. The van der Waals surface area contributed by atoms with E-state index in [1.165, 1.54) is 0 Å². The zero-order valence-electron chi connectivity index (χ0n) is 6.62. The Labute approximate surface area is 82.3 Å². The topological polar surface area (TPSA) is 67.3 Å². The normalized spacial score (nSPS) is 23.7. The maximum absolute atomic E-state index is 5.53. The fourth-order valence-corrected chi connectivity index (χ4v) is 1.65. The molecule has 1 aliphatic heterocycles. The van der Waals surface area contributed by atoms with Crippen molar-refractivity contribution in [3.05, 3.63) is 0 Å². The molecule has 0 bridgehead atoms. The third-order valence-electron chi connectivity index (χ3n) is 1.85. The summed E-state index contributed by atoms with van der Waals surface area (Å²) in [5.41, 5.74) is 11.0. The standard InChI is InChI=1S/C6H12N4S2/c7-5(11)4-3-9-1-2-10(4)6(8)12/h4,9H,1-3H2,(H2,7,11)(H2,8,12). The maximum atomic E-state index is 5.53. The molecule has 1 fully saturated rings. The van der Waals surface area contributed by atoms with E-state index in [1.807, 2.05) is 4.90 Å². The van der Waals surface area contributed by atoms with Gasteiger partial charge in [-0.25, -0.2) is 0 Å². The number of nitrogens with two attached hydrogens (primary N) is 2. The first-order valence-electron chi connectivity index (χ1n) is 3.69. The number of piperazine rings is 1. The molecule has 0 saturated carbocycles. The van der Waals surface area contributed by atoms with Crippen LogP contribution in [0.15, 0.2) is 0 Å². The van der Waals surface area contributed by atoms with E-state index in [0.717, 1.165) is 19.6 Å². The van der Waals surface area contributed by atoms with E-state index in [2.05, 4.69) is 5.32 Å². The largest absolute Gasteiger partial charge is 0.392 e. The molecule has 5 N–H and O–H groups in total. The van der Waals surface area contributed by atoms with Crippen LogP contribution in [0.25, 0.3) is 0 Å². The van der Waals surface area contributed by atoms with Crippen LogP contribution in [0.1, 0.15) is 0 Å². The van der Waals surface area contributed by atoms with Gasteiger partial charge in [0.1, 0.15) is 0 Å². The van der Waals surface area contributed by atoms with Crippen molar-refractivity contribution in [1.82, 2.24) is 10.2 Å². The van der Waals surface area contributed by atoms with E-state index in [-0.39, 0.29) is 6.04 Å². The van der Waals surface area contributed by atoms with Crippen molar-refractivity contribution in [3.63, 3.8) is 0 Å². The lowest BCUT2D eigenvalue weighted by atomic mass is 10.2. The van der Waals surface area contributed by atoms with Crippen molar-refractivity contribution in [2.45, 2.75) is 6.04 Å². The smallest absolute Gasteiger partial charge is 0.166 e. The Bertz CT molecular complexity index is 184. The van der Waals surface area contributed by atoms with Crippen LogP contribution in [0.2, 0.25) is 0 Å². The molecule has 1 unspecified atom stereocenters. The van der Waals surface area contributed by atoms with Gasteiger partial charge in [0.25, 0.3) is 0 Å². The summed E-state index contributed by atoms with van der Waals surface area (Å²) in [5.74, 6) is 0. The van der Waals surface area contributed by atoms with Crippen molar-refractivity contribution < 1.29 is 0 Å². The van der Waals surface area contributed by atoms with E-state index < -0.39 is 0 Å². The Morgan fingerprint density at radius 3 is 2.50 bits per heavy atom.